The summed E-state index contributed by atoms with van der Waals surface area (Å²) in [6.07, 6.45) is 11.9. The fraction of sp³-hybridized carbons (Fsp3) is 0.561. The number of β-amino-alcohol motifs (C(OH)–C–C–N with tert-alkyl or cyclic N) is 1. The molecule has 0 aliphatic carbocycles. The van der Waals surface area contributed by atoms with Crippen LogP contribution in [-0.2, 0) is 35.2 Å². The second kappa shape index (κ2) is 35.4. The van der Waals surface area contributed by atoms with E-state index >= 15 is 0 Å². The first-order chi connectivity index (χ1) is 28.5. The molecule has 1 saturated heterocycles. The van der Waals surface area contributed by atoms with Crippen molar-refractivity contribution in [2.45, 2.75) is 128 Å². The van der Waals surface area contributed by atoms with Gasteiger partial charge in [-0.3, -0.25) is 24.0 Å². The Kier molecular flexibility index (Phi) is 34.8. The van der Waals surface area contributed by atoms with E-state index in [1.54, 1.807) is 37.6 Å². The van der Waals surface area contributed by atoms with Crippen LogP contribution >= 0.6 is 0 Å². The normalized spacial score (nSPS) is 18.0. The Morgan fingerprint density at radius 3 is 1.57 bits per heavy atom. The topological polar surface area (TPSA) is 381 Å². The van der Waals surface area contributed by atoms with Crippen molar-refractivity contribution >= 4 is 35.8 Å². The monoisotopic (exact) mass is 870 g/mol. The summed E-state index contributed by atoms with van der Waals surface area (Å²) in [5, 5.41) is 64.4. The summed E-state index contributed by atoms with van der Waals surface area (Å²) in [6, 6.07) is 3.30. The molecule has 0 bridgehead atoms. The van der Waals surface area contributed by atoms with Crippen molar-refractivity contribution in [1.29, 1.82) is 0 Å². The van der Waals surface area contributed by atoms with Gasteiger partial charge in [0, 0.05) is 13.0 Å². The second-order valence-corrected chi connectivity index (χ2v) is 14.1. The average Bonchev–Trinajstić information content (AvgIpc) is 3.92. The maximum atomic E-state index is 10.5. The lowest BCUT2D eigenvalue weighted by Gasteiger charge is -2.07. The van der Waals surface area contributed by atoms with Gasteiger partial charge in [0.05, 0.1) is 13.2 Å². The summed E-state index contributed by atoms with van der Waals surface area (Å²) in [4.78, 5) is 61.2. The Balaban J connectivity index is -0.000000670. The first-order valence-corrected chi connectivity index (χ1v) is 19.6. The van der Waals surface area contributed by atoms with Gasteiger partial charge in [-0.15, -0.1) is 0 Å². The molecule has 0 saturated carbocycles. The van der Waals surface area contributed by atoms with Crippen LogP contribution in [0.2, 0.25) is 0 Å². The lowest BCUT2D eigenvalue weighted by Crippen LogP contribution is -2.32. The van der Waals surface area contributed by atoms with Crippen molar-refractivity contribution in [3.63, 3.8) is 0 Å². The van der Waals surface area contributed by atoms with E-state index in [1.807, 2.05) is 32.1 Å². The summed E-state index contributed by atoms with van der Waals surface area (Å²) in [5.41, 5.74) is 23.0. The predicted octanol–water partition coefficient (Wildman–Crippen LogP) is 1.73. The first-order valence-electron chi connectivity index (χ1n) is 19.6. The zero-order valence-corrected chi connectivity index (χ0v) is 35.8. The van der Waals surface area contributed by atoms with Crippen LogP contribution in [0.25, 0.3) is 0 Å². The summed E-state index contributed by atoms with van der Waals surface area (Å²) < 4.78 is 4.97. The van der Waals surface area contributed by atoms with Gasteiger partial charge < -0.3 is 74.1 Å². The molecule has 3 rings (SSSR count). The fourth-order valence-corrected chi connectivity index (χ4v) is 4.52. The van der Waals surface area contributed by atoms with Gasteiger partial charge in [-0.25, -0.2) is 4.79 Å². The lowest BCUT2D eigenvalue weighted by molar-refractivity contribution is -0.140. The molecule has 7 unspecified atom stereocenters. The highest BCUT2D eigenvalue weighted by molar-refractivity contribution is 5.75. The highest BCUT2D eigenvalue weighted by atomic mass is 16.5. The molecule has 2 heterocycles. The molecule has 0 amide bonds. The van der Waals surface area contributed by atoms with E-state index in [0.717, 1.165) is 29.7 Å². The first kappa shape index (κ1) is 59.9. The number of carboxylic acid groups (broad SMARTS) is 6. The van der Waals surface area contributed by atoms with Crippen molar-refractivity contribution in [2.24, 2.45) is 28.9 Å². The van der Waals surface area contributed by atoms with Gasteiger partial charge in [0.15, 0.2) is 0 Å². The molecular weight excluding hydrogens is 800 g/mol. The number of carbonyl (C=O) groups is 6. The minimum absolute atomic E-state index is 0.329. The van der Waals surface area contributed by atoms with Crippen LogP contribution in [0.5, 0.6) is 5.75 Å². The Hall–Kier alpha value is -5.38. The number of rotatable bonds is 18. The molecule has 0 spiro atoms. The van der Waals surface area contributed by atoms with E-state index in [4.69, 9.17) is 63.4 Å². The number of aliphatic hydroxyl groups excluding tert-OH is 1. The lowest BCUT2D eigenvalue weighted by atomic mass is 10.0. The maximum absolute atomic E-state index is 10.5. The zero-order chi connectivity index (χ0) is 47.7. The van der Waals surface area contributed by atoms with E-state index in [1.165, 1.54) is 0 Å². The Labute approximate surface area is 357 Å². The van der Waals surface area contributed by atoms with Crippen molar-refractivity contribution in [2.75, 3.05) is 13.7 Å². The molecule has 0 aromatic heterocycles. The minimum atomic E-state index is -0.985. The number of hydrogen-bond acceptors (Lipinski definition) is 14. The van der Waals surface area contributed by atoms with Gasteiger partial charge in [-0.2, -0.15) is 0 Å². The van der Waals surface area contributed by atoms with E-state index in [0.29, 0.717) is 57.4 Å². The van der Waals surface area contributed by atoms with Crippen LogP contribution in [0.4, 0.5) is 0 Å². The molecular formula is C41H70N6O14. The zero-order valence-electron chi connectivity index (χ0n) is 35.8. The van der Waals surface area contributed by atoms with Gasteiger partial charge in [0.2, 0.25) is 0 Å². The van der Waals surface area contributed by atoms with Crippen LogP contribution in [0, 0.1) is 5.92 Å². The molecule has 0 radical (unpaired) electrons. The van der Waals surface area contributed by atoms with E-state index in [-0.39, 0.29) is 6.04 Å². The van der Waals surface area contributed by atoms with Crippen molar-refractivity contribution in [3.8, 4) is 5.75 Å². The molecule has 2 aliphatic heterocycles. The maximum Gasteiger partial charge on any atom is 0.326 e. The van der Waals surface area contributed by atoms with Crippen molar-refractivity contribution in [1.82, 2.24) is 10.6 Å². The highest BCUT2D eigenvalue weighted by Crippen LogP contribution is 2.12. The van der Waals surface area contributed by atoms with Crippen LogP contribution in [0.1, 0.15) is 84.6 Å². The number of ether oxygens (including phenoxy) is 1. The number of nitrogens with two attached hydrogens (primary N) is 4. The molecule has 20 nitrogen and oxygen atoms in total. The van der Waals surface area contributed by atoms with Gasteiger partial charge in [-0.05, 0) is 81.7 Å². The number of benzene rings is 1. The van der Waals surface area contributed by atoms with Crippen LogP contribution < -0.4 is 38.3 Å². The molecule has 2 aliphatic rings. The van der Waals surface area contributed by atoms with E-state index < -0.39 is 72.1 Å². The van der Waals surface area contributed by atoms with Gasteiger partial charge >= 0.3 is 35.8 Å². The number of carboxylic acids is 6. The van der Waals surface area contributed by atoms with Gasteiger partial charge in [-0.1, -0.05) is 69.7 Å². The summed E-state index contributed by atoms with van der Waals surface area (Å²) in [5.74, 6) is -4.13. The number of nitrogens with one attached hydrogen (secondary N) is 2. The number of allylic oxidation sites excluding steroid dienone is 3. The Bertz CT molecular complexity index is 1500. The Morgan fingerprint density at radius 2 is 1.28 bits per heavy atom. The second-order valence-electron chi connectivity index (χ2n) is 14.1. The third-order valence-corrected chi connectivity index (χ3v) is 8.41. The Morgan fingerprint density at radius 1 is 0.787 bits per heavy atom. The van der Waals surface area contributed by atoms with E-state index in [9.17, 15) is 28.8 Å². The highest BCUT2D eigenvalue weighted by Gasteiger charge is 2.27. The quantitative estimate of drug-likeness (QED) is 0.0934. The van der Waals surface area contributed by atoms with Crippen LogP contribution in [-0.4, -0.2) is 128 Å². The fourth-order valence-electron chi connectivity index (χ4n) is 4.52. The molecule has 17 N–H and O–H groups in total. The molecule has 61 heavy (non-hydrogen) atoms. The number of methoxy groups -OCH3 is 1. The van der Waals surface area contributed by atoms with Crippen molar-refractivity contribution < 1.29 is 69.2 Å². The molecule has 7 atom stereocenters. The SMILES string of the molecule is C=C/C(=C\C)CCC(N)C(=O)O.CC(C)CCC(N)C(=O)O.CCCC(N)C(=O)O.COc1ccc(CC(N)C(=O)O)cc1.O=C(O)C1CC(O)CN1.O=C(O)C1CC=CN1. The summed E-state index contributed by atoms with van der Waals surface area (Å²) >= 11 is 0. The van der Waals surface area contributed by atoms with Crippen molar-refractivity contribution in [3.05, 3.63) is 66.4 Å². The average molecular weight is 871 g/mol. The van der Waals surface area contributed by atoms with Gasteiger partial charge in [0.1, 0.15) is 42.0 Å². The standard InChI is InChI=1S/C10H13NO3.C9H15NO2.C7H15NO2.C5H9NO3.C5H7NO2.C5H11NO2/c1-14-8-4-2-7(3-5-8)6-9(11)10(12)13;1-3-7(4-2)5-6-8(10)9(11)12;1-5(2)3-4-6(8)7(9)10;7-3-1-4(5(8)9)6-2-3;7-5(8)4-2-1-3-6-4;1-2-3-4(6)5(7)8/h2-5,9H,6,11H2,1H3,(H,12,13);3-4,8H,1,5-6,10H2,2H3,(H,11,12);5-6H,3-4,8H2,1-2H3,(H,9,10);3-4,6-7H,1-2H2,(H,8,9);1,3-4,6H,2H2,(H,7,8);4H,2-3,6H2,1H3,(H,7,8)/b;7-4+;;;;. The van der Waals surface area contributed by atoms with Gasteiger partial charge in [0.25, 0.3) is 0 Å². The largest absolute Gasteiger partial charge is 0.497 e. The van der Waals surface area contributed by atoms with Crippen LogP contribution in [0.15, 0.2) is 60.8 Å². The number of aliphatic carboxylic acids is 6. The smallest absolute Gasteiger partial charge is 0.326 e. The van der Waals surface area contributed by atoms with E-state index in [2.05, 4.69) is 31.1 Å². The number of aliphatic hydroxyl groups is 1. The molecule has 20 heteroatoms. The third-order valence-electron chi connectivity index (χ3n) is 8.41. The number of hydrogen-bond donors (Lipinski definition) is 13. The van der Waals surface area contributed by atoms with Crippen LogP contribution in [0.3, 0.4) is 0 Å². The molecule has 348 valence electrons. The molecule has 1 aromatic carbocycles. The minimum Gasteiger partial charge on any atom is -0.497 e. The molecule has 1 fully saturated rings. The molecule has 1 aromatic rings. The summed E-state index contributed by atoms with van der Waals surface area (Å²) in [7, 11) is 1.58. The summed E-state index contributed by atoms with van der Waals surface area (Å²) in [6.45, 7) is 11.9. The predicted molar refractivity (Wildman–Crippen MR) is 230 cm³/mol. The third kappa shape index (κ3) is 33.1.